The maximum atomic E-state index is 12.6. The van der Waals surface area contributed by atoms with Crippen molar-refractivity contribution in [3.8, 4) is 5.75 Å². The van der Waals surface area contributed by atoms with Gasteiger partial charge in [-0.25, -0.2) is 4.79 Å². The van der Waals surface area contributed by atoms with Gasteiger partial charge in [0.25, 0.3) is 5.91 Å². The lowest BCUT2D eigenvalue weighted by molar-refractivity contribution is 0.0527. The van der Waals surface area contributed by atoms with Crippen LogP contribution in [-0.2, 0) is 17.6 Å². The quantitative estimate of drug-likeness (QED) is 0.567. The molecule has 0 saturated heterocycles. The fraction of sp³-hybridized carbons (Fsp3) is 0.350. The molecule has 0 saturated carbocycles. The second-order valence-electron chi connectivity index (χ2n) is 6.35. The molecule has 1 aromatic heterocycles. The van der Waals surface area contributed by atoms with Crippen LogP contribution >= 0.6 is 23.6 Å². The van der Waals surface area contributed by atoms with E-state index in [4.69, 9.17) is 21.7 Å². The van der Waals surface area contributed by atoms with Crippen LogP contribution < -0.4 is 15.4 Å². The van der Waals surface area contributed by atoms with E-state index >= 15 is 0 Å². The van der Waals surface area contributed by atoms with Crippen molar-refractivity contribution in [3.63, 3.8) is 0 Å². The second kappa shape index (κ2) is 8.70. The summed E-state index contributed by atoms with van der Waals surface area (Å²) in [5.74, 6) is -0.233. The molecular weight excluding hydrogens is 396 g/mol. The summed E-state index contributed by atoms with van der Waals surface area (Å²) < 4.78 is 10.5. The number of carbonyl (C=O) groups is 2. The van der Waals surface area contributed by atoms with E-state index in [1.54, 1.807) is 19.1 Å². The molecule has 2 aromatic rings. The number of hydrogen-bond donors (Lipinski definition) is 2. The molecule has 3 rings (SSSR count). The molecule has 1 aromatic carbocycles. The summed E-state index contributed by atoms with van der Waals surface area (Å²) in [5, 5.41) is 6.41. The molecule has 0 unspecified atom stereocenters. The highest BCUT2D eigenvalue weighted by molar-refractivity contribution is 7.80. The number of anilines is 1. The highest BCUT2D eigenvalue weighted by atomic mass is 32.1. The zero-order valence-electron chi connectivity index (χ0n) is 16.0. The number of thiocarbonyl (C=S) groups is 1. The van der Waals surface area contributed by atoms with Gasteiger partial charge in [0.05, 0.1) is 24.8 Å². The van der Waals surface area contributed by atoms with Crippen molar-refractivity contribution in [3.05, 3.63) is 45.3 Å². The highest BCUT2D eigenvalue weighted by Crippen LogP contribution is 2.39. The van der Waals surface area contributed by atoms with Gasteiger partial charge in [0.2, 0.25) is 0 Å². The lowest BCUT2D eigenvalue weighted by Crippen LogP contribution is -2.34. The Hall–Kier alpha value is -2.45. The molecule has 2 N–H and O–H groups in total. The van der Waals surface area contributed by atoms with Crippen LogP contribution in [0.3, 0.4) is 0 Å². The van der Waals surface area contributed by atoms with Crippen molar-refractivity contribution in [2.75, 3.05) is 19.0 Å². The molecule has 28 heavy (non-hydrogen) atoms. The van der Waals surface area contributed by atoms with E-state index in [-0.39, 0.29) is 17.0 Å². The molecule has 6 nitrogen and oxygen atoms in total. The average molecular weight is 419 g/mol. The number of amides is 1. The van der Waals surface area contributed by atoms with Crippen LogP contribution in [0.5, 0.6) is 5.75 Å². The van der Waals surface area contributed by atoms with E-state index in [1.165, 1.54) is 23.3 Å². The Morgan fingerprint density at radius 1 is 1.29 bits per heavy atom. The van der Waals surface area contributed by atoms with Crippen molar-refractivity contribution >= 4 is 45.5 Å². The van der Waals surface area contributed by atoms with E-state index in [9.17, 15) is 9.59 Å². The first-order chi connectivity index (χ1) is 13.5. The van der Waals surface area contributed by atoms with Crippen LogP contribution in [0.2, 0.25) is 0 Å². The van der Waals surface area contributed by atoms with Gasteiger partial charge in [-0.15, -0.1) is 11.3 Å². The van der Waals surface area contributed by atoms with E-state index in [2.05, 4.69) is 10.6 Å². The monoisotopic (exact) mass is 418 g/mol. The third-order valence-electron chi connectivity index (χ3n) is 4.52. The third kappa shape index (κ3) is 4.02. The number of carbonyl (C=O) groups excluding carboxylic acids is 2. The SMILES string of the molecule is CCOC(=O)c1c(NC(=S)NC(=O)c2cccc(C)c2OC)sc2c1CCC2. The first-order valence-electron chi connectivity index (χ1n) is 9.03. The molecule has 1 aliphatic carbocycles. The Morgan fingerprint density at radius 3 is 2.79 bits per heavy atom. The number of aryl methyl sites for hydroxylation is 2. The summed E-state index contributed by atoms with van der Waals surface area (Å²) in [5.41, 5.74) is 2.81. The largest absolute Gasteiger partial charge is 0.496 e. The van der Waals surface area contributed by atoms with E-state index in [1.807, 2.05) is 13.0 Å². The molecule has 148 valence electrons. The van der Waals surface area contributed by atoms with Crippen LogP contribution in [0.1, 0.15) is 50.1 Å². The van der Waals surface area contributed by atoms with Crippen LogP contribution in [0, 0.1) is 6.92 Å². The summed E-state index contributed by atoms with van der Waals surface area (Å²) in [7, 11) is 1.52. The van der Waals surface area contributed by atoms with Crippen molar-refractivity contribution < 1.29 is 19.1 Å². The Balaban J connectivity index is 1.78. The van der Waals surface area contributed by atoms with Gasteiger partial charge in [0.1, 0.15) is 10.8 Å². The number of thiophene rings is 1. The summed E-state index contributed by atoms with van der Waals surface area (Å²) in [6.45, 7) is 3.94. The van der Waals surface area contributed by atoms with Gasteiger partial charge in [-0.05, 0) is 62.5 Å². The highest BCUT2D eigenvalue weighted by Gasteiger charge is 2.28. The van der Waals surface area contributed by atoms with Crippen molar-refractivity contribution in [1.82, 2.24) is 5.32 Å². The van der Waals surface area contributed by atoms with Gasteiger partial charge in [-0.2, -0.15) is 0 Å². The van der Waals surface area contributed by atoms with Gasteiger partial charge >= 0.3 is 5.97 Å². The molecule has 0 radical (unpaired) electrons. The Labute approximate surface area is 173 Å². The minimum atomic E-state index is -0.375. The fourth-order valence-electron chi connectivity index (χ4n) is 3.32. The molecule has 0 bridgehead atoms. The summed E-state index contributed by atoms with van der Waals surface area (Å²) in [6, 6.07) is 5.32. The Kier molecular flexibility index (Phi) is 6.31. The molecular formula is C20H22N2O4S2. The molecule has 1 amide bonds. The van der Waals surface area contributed by atoms with Gasteiger partial charge in [-0.1, -0.05) is 12.1 Å². The topological polar surface area (TPSA) is 76.7 Å². The van der Waals surface area contributed by atoms with Crippen LogP contribution in [-0.4, -0.2) is 30.7 Å². The van der Waals surface area contributed by atoms with Crippen molar-refractivity contribution in [2.24, 2.45) is 0 Å². The number of nitrogens with one attached hydrogen (secondary N) is 2. The standard InChI is InChI=1S/C20H22N2O4S2/c1-4-26-19(24)15-12-8-6-10-14(12)28-18(15)22-20(27)21-17(23)13-9-5-7-11(2)16(13)25-3/h5,7,9H,4,6,8,10H2,1-3H3,(H2,21,22,23,27). The average Bonchev–Trinajstić information content (AvgIpc) is 3.22. The number of fused-ring (bicyclic) bond motifs is 1. The first kappa shape index (κ1) is 20.3. The normalized spacial score (nSPS) is 12.2. The van der Waals surface area contributed by atoms with E-state index in [0.29, 0.717) is 28.5 Å². The number of methoxy groups -OCH3 is 1. The van der Waals surface area contributed by atoms with E-state index in [0.717, 1.165) is 30.4 Å². The number of ether oxygens (including phenoxy) is 2. The predicted octanol–water partition coefficient (Wildman–Crippen LogP) is 3.86. The van der Waals surface area contributed by atoms with Crippen LogP contribution in [0.15, 0.2) is 18.2 Å². The molecule has 1 heterocycles. The number of hydrogen-bond acceptors (Lipinski definition) is 6. The van der Waals surface area contributed by atoms with E-state index < -0.39 is 0 Å². The molecule has 0 spiro atoms. The van der Waals surface area contributed by atoms with Crippen molar-refractivity contribution in [2.45, 2.75) is 33.1 Å². The summed E-state index contributed by atoms with van der Waals surface area (Å²) in [6.07, 6.45) is 2.82. The summed E-state index contributed by atoms with van der Waals surface area (Å²) in [4.78, 5) is 26.2. The third-order valence-corrected chi connectivity index (χ3v) is 5.93. The molecule has 0 atom stereocenters. The first-order valence-corrected chi connectivity index (χ1v) is 10.3. The van der Waals surface area contributed by atoms with Gasteiger partial charge in [-0.3, -0.25) is 10.1 Å². The zero-order valence-corrected chi connectivity index (χ0v) is 17.6. The lowest BCUT2D eigenvalue weighted by Gasteiger charge is -2.13. The smallest absolute Gasteiger partial charge is 0.341 e. The maximum absolute atomic E-state index is 12.6. The van der Waals surface area contributed by atoms with Crippen LogP contribution in [0.25, 0.3) is 0 Å². The van der Waals surface area contributed by atoms with Crippen LogP contribution in [0.4, 0.5) is 5.00 Å². The molecule has 1 aliphatic rings. The fourth-order valence-corrected chi connectivity index (χ4v) is 4.86. The maximum Gasteiger partial charge on any atom is 0.341 e. The molecule has 0 fully saturated rings. The van der Waals surface area contributed by atoms with Gasteiger partial charge in [0.15, 0.2) is 5.11 Å². The lowest BCUT2D eigenvalue weighted by atomic mass is 10.1. The molecule has 8 heteroatoms. The Bertz CT molecular complexity index is 937. The number of esters is 1. The number of rotatable bonds is 5. The van der Waals surface area contributed by atoms with Crippen molar-refractivity contribution in [1.29, 1.82) is 0 Å². The van der Waals surface area contributed by atoms with Gasteiger partial charge < -0.3 is 14.8 Å². The predicted molar refractivity (Wildman–Crippen MR) is 114 cm³/mol. The number of benzene rings is 1. The Morgan fingerprint density at radius 2 is 2.07 bits per heavy atom. The number of para-hydroxylation sites is 1. The zero-order chi connectivity index (χ0) is 20.3. The minimum Gasteiger partial charge on any atom is -0.496 e. The summed E-state index contributed by atoms with van der Waals surface area (Å²) >= 11 is 6.80. The minimum absolute atomic E-state index is 0.124. The van der Waals surface area contributed by atoms with Gasteiger partial charge in [0, 0.05) is 4.88 Å². The molecule has 0 aliphatic heterocycles. The second-order valence-corrected chi connectivity index (χ2v) is 7.86.